The molecule has 3 aromatic rings. The molecule has 23 heavy (non-hydrogen) atoms. The fraction of sp³-hybridized carbons (Fsp3) is 0.312. The van der Waals surface area contributed by atoms with Gasteiger partial charge in [-0.3, -0.25) is 9.78 Å². The summed E-state index contributed by atoms with van der Waals surface area (Å²) in [6, 6.07) is 5.51. The number of nitrogens with one attached hydrogen (secondary N) is 2. The van der Waals surface area contributed by atoms with Crippen LogP contribution in [0.25, 0.3) is 11.2 Å². The van der Waals surface area contributed by atoms with Crippen molar-refractivity contribution in [3.05, 3.63) is 50.2 Å². The van der Waals surface area contributed by atoms with Crippen LogP contribution in [0.3, 0.4) is 0 Å². The van der Waals surface area contributed by atoms with Gasteiger partial charge < -0.3 is 9.88 Å². The van der Waals surface area contributed by atoms with Crippen LogP contribution >= 0.6 is 11.3 Å². The van der Waals surface area contributed by atoms with Crippen LogP contribution in [0.15, 0.2) is 28.4 Å². The lowest BCUT2D eigenvalue weighted by Crippen LogP contribution is -2.51. The van der Waals surface area contributed by atoms with E-state index in [0.29, 0.717) is 23.4 Å². The molecule has 0 radical (unpaired) electrons. The predicted octanol–water partition coefficient (Wildman–Crippen LogP) is 2.29. The molecule has 1 aliphatic rings. The molecule has 118 valence electrons. The lowest BCUT2D eigenvalue weighted by molar-refractivity contribution is 0.0488. The number of carbonyl (C=O) groups is 1. The molecule has 0 saturated heterocycles. The van der Waals surface area contributed by atoms with E-state index < -0.39 is 0 Å². The average Bonchev–Trinajstić information content (AvgIpc) is 3.08. The molecule has 0 aliphatic carbocycles. The molecule has 0 spiro atoms. The van der Waals surface area contributed by atoms with Crippen molar-refractivity contribution in [3.8, 4) is 0 Å². The van der Waals surface area contributed by atoms with Crippen LogP contribution in [0.1, 0.15) is 34.8 Å². The number of fused-ring (bicyclic) bond motifs is 2. The number of H-pyrrole nitrogens is 2. The minimum absolute atomic E-state index is 0.113. The van der Waals surface area contributed by atoms with Crippen molar-refractivity contribution in [1.29, 1.82) is 0 Å². The SMILES string of the molecule is CC1(C)Cc2ccsc2CN1C(=O)c1ccc2[nH]c(=O)[nH]c2n1. The maximum absolute atomic E-state index is 13.0. The fourth-order valence-electron chi connectivity index (χ4n) is 3.10. The zero-order chi connectivity index (χ0) is 16.2. The molecule has 4 rings (SSSR count). The van der Waals surface area contributed by atoms with E-state index in [4.69, 9.17) is 0 Å². The zero-order valence-electron chi connectivity index (χ0n) is 12.8. The van der Waals surface area contributed by atoms with Gasteiger partial charge in [-0.15, -0.1) is 11.3 Å². The van der Waals surface area contributed by atoms with Crippen molar-refractivity contribution < 1.29 is 4.79 Å². The highest BCUT2D eigenvalue weighted by atomic mass is 32.1. The summed E-state index contributed by atoms with van der Waals surface area (Å²) < 4.78 is 0. The van der Waals surface area contributed by atoms with Gasteiger partial charge in [0, 0.05) is 10.4 Å². The molecular formula is C16H16N4O2S. The molecule has 0 unspecified atom stereocenters. The maximum Gasteiger partial charge on any atom is 0.325 e. The van der Waals surface area contributed by atoms with E-state index >= 15 is 0 Å². The molecule has 0 saturated carbocycles. The van der Waals surface area contributed by atoms with Crippen LogP contribution in [-0.2, 0) is 13.0 Å². The van der Waals surface area contributed by atoms with Crippen LogP contribution in [0.4, 0.5) is 0 Å². The van der Waals surface area contributed by atoms with Gasteiger partial charge in [0.2, 0.25) is 0 Å². The third-order valence-electron chi connectivity index (χ3n) is 4.33. The Morgan fingerprint density at radius 2 is 2.13 bits per heavy atom. The van der Waals surface area contributed by atoms with E-state index in [2.05, 4.69) is 40.2 Å². The number of carbonyl (C=O) groups excluding carboxylic acids is 1. The third kappa shape index (κ3) is 2.28. The van der Waals surface area contributed by atoms with Crippen molar-refractivity contribution in [1.82, 2.24) is 19.9 Å². The van der Waals surface area contributed by atoms with Crippen LogP contribution in [-0.4, -0.2) is 31.3 Å². The highest BCUT2D eigenvalue weighted by Crippen LogP contribution is 2.34. The number of pyridine rings is 1. The van der Waals surface area contributed by atoms with Gasteiger partial charge >= 0.3 is 5.69 Å². The van der Waals surface area contributed by atoms with Gasteiger partial charge in [0.25, 0.3) is 5.91 Å². The Morgan fingerprint density at radius 1 is 1.30 bits per heavy atom. The molecule has 1 amide bonds. The molecule has 0 bridgehead atoms. The molecule has 3 aromatic heterocycles. The van der Waals surface area contributed by atoms with Crippen molar-refractivity contribution in [2.75, 3.05) is 0 Å². The van der Waals surface area contributed by atoms with Crippen LogP contribution < -0.4 is 5.69 Å². The normalized spacial score (nSPS) is 16.5. The van der Waals surface area contributed by atoms with Gasteiger partial charge in [0.1, 0.15) is 5.69 Å². The number of rotatable bonds is 1. The van der Waals surface area contributed by atoms with E-state index in [1.54, 1.807) is 23.5 Å². The molecule has 0 atom stereocenters. The van der Waals surface area contributed by atoms with Crippen molar-refractivity contribution in [2.45, 2.75) is 32.4 Å². The first-order valence-corrected chi connectivity index (χ1v) is 8.28. The molecule has 6 nitrogen and oxygen atoms in total. The topological polar surface area (TPSA) is 81.9 Å². The number of aromatic amines is 2. The fourth-order valence-corrected chi connectivity index (χ4v) is 3.99. The number of thiophene rings is 1. The smallest absolute Gasteiger partial charge is 0.325 e. The monoisotopic (exact) mass is 328 g/mol. The Hall–Kier alpha value is -2.41. The number of imidazole rings is 1. The van der Waals surface area contributed by atoms with Crippen LogP contribution in [0.5, 0.6) is 0 Å². The van der Waals surface area contributed by atoms with Gasteiger partial charge in [-0.05, 0) is 49.4 Å². The van der Waals surface area contributed by atoms with Gasteiger partial charge in [-0.1, -0.05) is 0 Å². The van der Waals surface area contributed by atoms with Gasteiger partial charge in [-0.25, -0.2) is 9.78 Å². The standard InChI is InChI=1S/C16H16N4O2S/c1-16(2)7-9-5-6-23-12(9)8-20(16)14(21)11-4-3-10-13(17-11)19-15(22)18-10/h3-6H,7-8H2,1-2H3,(H2,17,18,19,22). The van der Waals surface area contributed by atoms with Crippen LogP contribution in [0, 0.1) is 0 Å². The largest absolute Gasteiger partial charge is 0.327 e. The molecule has 1 aliphatic heterocycles. The second-order valence-electron chi connectivity index (χ2n) is 6.42. The second-order valence-corrected chi connectivity index (χ2v) is 7.42. The van der Waals surface area contributed by atoms with E-state index in [0.717, 1.165) is 6.42 Å². The van der Waals surface area contributed by atoms with Gasteiger partial charge in [0.15, 0.2) is 5.65 Å². The summed E-state index contributed by atoms with van der Waals surface area (Å²) in [7, 11) is 0. The van der Waals surface area contributed by atoms with E-state index in [1.165, 1.54) is 10.4 Å². The van der Waals surface area contributed by atoms with E-state index in [-0.39, 0.29) is 17.1 Å². The predicted molar refractivity (Wildman–Crippen MR) is 88.7 cm³/mol. The highest BCUT2D eigenvalue weighted by Gasteiger charge is 2.37. The summed E-state index contributed by atoms with van der Waals surface area (Å²) in [6.07, 6.45) is 0.834. The summed E-state index contributed by atoms with van der Waals surface area (Å²) in [5, 5.41) is 2.07. The van der Waals surface area contributed by atoms with Crippen molar-refractivity contribution in [2.24, 2.45) is 0 Å². The van der Waals surface area contributed by atoms with Crippen molar-refractivity contribution >= 4 is 28.4 Å². The number of aromatic nitrogens is 3. The Kier molecular flexibility index (Phi) is 2.96. The Labute approximate surface area is 136 Å². The number of hydrogen-bond donors (Lipinski definition) is 2. The van der Waals surface area contributed by atoms with E-state index in [9.17, 15) is 9.59 Å². The molecule has 0 aromatic carbocycles. The minimum atomic E-state index is -0.321. The molecule has 7 heteroatoms. The first-order valence-electron chi connectivity index (χ1n) is 7.40. The molecular weight excluding hydrogens is 312 g/mol. The summed E-state index contributed by atoms with van der Waals surface area (Å²) in [5.41, 5.74) is 2.09. The Balaban J connectivity index is 1.73. The minimum Gasteiger partial charge on any atom is -0.327 e. The quantitative estimate of drug-likeness (QED) is 0.719. The number of hydrogen-bond acceptors (Lipinski definition) is 4. The number of amides is 1. The second kappa shape index (κ2) is 4.79. The summed E-state index contributed by atoms with van der Waals surface area (Å²) in [5.74, 6) is -0.113. The van der Waals surface area contributed by atoms with Crippen molar-refractivity contribution in [3.63, 3.8) is 0 Å². The average molecular weight is 328 g/mol. The first-order chi connectivity index (χ1) is 10.9. The molecule has 4 heterocycles. The third-order valence-corrected chi connectivity index (χ3v) is 5.28. The Bertz CT molecular complexity index is 966. The van der Waals surface area contributed by atoms with E-state index in [1.807, 2.05) is 4.90 Å². The lowest BCUT2D eigenvalue weighted by atomic mass is 9.89. The zero-order valence-corrected chi connectivity index (χ0v) is 13.7. The first kappa shape index (κ1) is 14.2. The number of nitrogens with zero attached hydrogens (tertiary/aromatic N) is 2. The Morgan fingerprint density at radius 3 is 2.96 bits per heavy atom. The van der Waals surface area contributed by atoms with Crippen LogP contribution in [0.2, 0.25) is 0 Å². The lowest BCUT2D eigenvalue weighted by Gasteiger charge is -2.42. The van der Waals surface area contributed by atoms with Gasteiger partial charge in [-0.2, -0.15) is 0 Å². The summed E-state index contributed by atoms with van der Waals surface area (Å²) >= 11 is 1.68. The maximum atomic E-state index is 13.0. The summed E-state index contributed by atoms with van der Waals surface area (Å²) in [6.45, 7) is 4.74. The summed E-state index contributed by atoms with van der Waals surface area (Å²) in [4.78, 5) is 36.9. The highest BCUT2D eigenvalue weighted by molar-refractivity contribution is 7.10. The molecule has 2 N–H and O–H groups in total. The molecule has 0 fully saturated rings. The van der Waals surface area contributed by atoms with Gasteiger partial charge in [0.05, 0.1) is 12.1 Å².